The molecule has 3 unspecified atom stereocenters. The van der Waals surface area contributed by atoms with E-state index in [4.69, 9.17) is 9.40 Å². The van der Waals surface area contributed by atoms with Crippen LogP contribution in [0.3, 0.4) is 0 Å². The van der Waals surface area contributed by atoms with Gasteiger partial charge in [0.1, 0.15) is 5.52 Å². The van der Waals surface area contributed by atoms with E-state index < -0.39 is 0 Å². The standard InChI is InChI=1S/C24H22N2O3S/c1-23-9-13(11-25-21(23)28)10-24(2,12-23)22-26-16-7-15-19(8-17(16)29-22)30-18-6-4-3-5-14(18)20(15)27/h3-8,13H,9-12H2,1-2H3,(H,25,28). The van der Waals surface area contributed by atoms with Gasteiger partial charge in [0, 0.05) is 43.6 Å². The van der Waals surface area contributed by atoms with Crippen LogP contribution in [0.15, 0.2) is 45.6 Å². The summed E-state index contributed by atoms with van der Waals surface area (Å²) in [6.07, 6.45) is 2.58. The number of nitrogens with one attached hydrogen (secondary N) is 1. The normalized spacial score (nSPS) is 28.9. The summed E-state index contributed by atoms with van der Waals surface area (Å²) < 4.78 is 8.16. The minimum absolute atomic E-state index is 0.0355. The summed E-state index contributed by atoms with van der Waals surface area (Å²) in [5.74, 6) is 1.25. The van der Waals surface area contributed by atoms with E-state index in [0.717, 1.165) is 34.2 Å². The molecule has 1 N–H and O–H groups in total. The number of benzene rings is 2. The molecule has 3 heterocycles. The van der Waals surface area contributed by atoms with E-state index in [1.807, 2.05) is 36.4 Å². The smallest absolute Gasteiger partial charge is 0.225 e. The molecule has 6 rings (SSSR count). The van der Waals surface area contributed by atoms with Gasteiger partial charge >= 0.3 is 0 Å². The minimum atomic E-state index is -0.386. The van der Waals surface area contributed by atoms with Gasteiger partial charge in [-0.2, -0.15) is 0 Å². The topological polar surface area (TPSA) is 72.2 Å². The average molecular weight is 419 g/mol. The van der Waals surface area contributed by atoms with E-state index in [1.54, 1.807) is 11.3 Å². The van der Waals surface area contributed by atoms with Crippen LogP contribution in [0.1, 0.15) is 39.0 Å². The van der Waals surface area contributed by atoms with Crippen molar-refractivity contribution in [2.45, 2.75) is 38.5 Å². The van der Waals surface area contributed by atoms with Gasteiger partial charge in [-0.3, -0.25) is 9.59 Å². The number of fused-ring (bicyclic) bond motifs is 5. The fraction of sp³-hybridized carbons (Fsp3) is 0.375. The summed E-state index contributed by atoms with van der Waals surface area (Å²) >= 11 is 1.60. The van der Waals surface area contributed by atoms with Gasteiger partial charge in [0.25, 0.3) is 0 Å². The number of hydrogen-bond acceptors (Lipinski definition) is 5. The maximum absolute atomic E-state index is 13.0. The number of hydrogen-bond donors (Lipinski definition) is 1. The highest BCUT2D eigenvalue weighted by molar-refractivity contribution is 7.24. The second-order valence-corrected chi connectivity index (χ2v) is 10.6. The number of nitrogens with zero attached hydrogens (tertiary/aromatic N) is 1. The molecule has 1 aliphatic heterocycles. The Morgan fingerprint density at radius 1 is 1.07 bits per heavy atom. The molecule has 2 fully saturated rings. The first-order chi connectivity index (χ1) is 14.3. The van der Waals surface area contributed by atoms with Crippen LogP contribution in [0.5, 0.6) is 0 Å². The molecule has 2 aliphatic rings. The number of rotatable bonds is 1. The second kappa shape index (κ2) is 5.91. The van der Waals surface area contributed by atoms with Crippen LogP contribution in [0, 0.1) is 11.3 Å². The molecule has 0 spiro atoms. The lowest BCUT2D eigenvalue weighted by Crippen LogP contribution is -2.55. The highest BCUT2D eigenvalue weighted by Crippen LogP contribution is 2.52. The molecule has 1 saturated carbocycles. The largest absolute Gasteiger partial charge is 0.440 e. The lowest BCUT2D eigenvalue weighted by Gasteiger charge is -2.49. The van der Waals surface area contributed by atoms with E-state index in [9.17, 15) is 9.59 Å². The van der Waals surface area contributed by atoms with Crippen molar-refractivity contribution in [2.75, 3.05) is 6.54 Å². The highest BCUT2D eigenvalue weighted by Gasteiger charge is 2.52. The van der Waals surface area contributed by atoms with E-state index in [2.05, 4.69) is 19.2 Å². The second-order valence-electron chi connectivity index (χ2n) is 9.54. The summed E-state index contributed by atoms with van der Waals surface area (Å²) in [7, 11) is 0. The number of amides is 1. The summed E-state index contributed by atoms with van der Waals surface area (Å²) in [4.78, 5) is 30.4. The fourth-order valence-electron chi connectivity index (χ4n) is 5.76. The fourth-order valence-corrected chi connectivity index (χ4v) is 6.85. The average Bonchev–Trinajstić information content (AvgIpc) is 3.13. The third-order valence-corrected chi connectivity index (χ3v) is 8.09. The van der Waals surface area contributed by atoms with E-state index in [0.29, 0.717) is 34.7 Å². The van der Waals surface area contributed by atoms with Gasteiger partial charge in [-0.25, -0.2) is 4.98 Å². The molecule has 4 aromatic rings. The van der Waals surface area contributed by atoms with Crippen LogP contribution in [-0.2, 0) is 10.2 Å². The first-order valence-electron chi connectivity index (χ1n) is 10.4. The molecular formula is C24H22N2O3S. The SMILES string of the molecule is CC12CC(CNC1=O)CC(C)(c1nc3cc4c(=O)c5ccccc5sc4cc3o1)C2. The van der Waals surface area contributed by atoms with Gasteiger partial charge in [-0.05, 0) is 43.4 Å². The van der Waals surface area contributed by atoms with Crippen molar-refractivity contribution >= 4 is 48.5 Å². The van der Waals surface area contributed by atoms with Crippen LogP contribution in [0.4, 0.5) is 0 Å². The van der Waals surface area contributed by atoms with Gasteiger partial charge in [-0.15, -0.1) is 11.3 Å². The zero-order valence-electron chi connectivity index (χ0n) is 17.0. The summed E-state index contributed by atoms with van der Waals surface area (Å²) in [5.41, 5.74) is 0.769. The van der Waals surface area contributed by atoms with Crippen molar-refractivity contribution in [3.05, 3.63) is 52.5 Å². The molecule has 30 heavy (non-hydrogen) atoms. The number of aromatic nitrogens is 1. The zero-order chi connectivity index (χ0) is 20.7. The molecule has 0 radical (unpaired) electrons. The Morgan fingerprint density at radius 2 is 1.87 bits per heavy atom. The van der Waals surface area contributed by atoms with Crippen LogP contribution in [0.2, 0.25) is 0 Å². The van der Waals surface area contributed by atoms with Crippen molar-refractivity contribution in [1.29, 1.82) is 0 Å². The first-order valence-corrected chi connectivity index (χ1v) is 11.2. The molecule has 1 aliphatic carbocycles. The monoisotopic (exact) mass is 418 g/mol. The van der Waals surface area contributed by atoms with Gasteiger partial charge in [0.05, 0.1) is 0 Å². The molecule has 152 valence electrons. The lowest BCUT2D eigenvalue weighted by atomic mass is 9.58. The van der Waals surface area contributed by atoms with E-state index in [1.165, 1.54) is 0 Å². The highest BCUT2D eigenvalue weighted by atomic mass is 32.1. The Labute approximate surface area is 177 Å². The third kappa shape index (κ3) is 2.49. The van der Waals surface area contributed by atoms with Crippen molar-refractivity contribution in [3.63, 3.8) is 0 Å². The Hall–Kier alpha value is -2.73. The Balaban J connectivity index is 1.52. The van der Waals surface area contributed by atoms with Crippen molar-refractivity contribution in [3.8, 4) is 0 Å². The van der Waals surface area contributed by atoms with Gasteiger partial charge in [0.2, 0.25) is 11.8 Å². The van der Waals surface area contributed by atoms with Crippen molar-refractivity contribution in [2.24, 2.45) is 11.3 Å². The maximum atomic E-state index is 13.0. The number of carbonyl (C=O) groups is 1. The molecule has 1 saturated heterocycles. The van der Waals surface area contributed by atoms with Gasteiger partial charge in [0.15, 0.2) is 11.0 Å². The van der Waals surface area contributed by atoms with Crippen LogP contribution < -0.4 is 10.7 Å². The van der Waals surface area contributed by atoms with E-state index >= 15 is 0 Å². The molecular weight excluding hydrogens is 396 g/mol. The van der Waals surface area contributed by atoms with Gasteiger partial charge < -0.3 is 9.73 Å². The molecule has 6 heteroatoms. The van der Waals surface area contributed by atoms with Crippen LogP contribution in [0.25, 0.3) is 31.3 Å². The molecule has 1 amide bonds. The summed E-state index contributed by atoms with van der Waals surface area (Å²) in [6, 6.07) is 11.5. The zero-order valence-corrected chi connectivity index (χ0v) is 17.8. The Bertz CT molecular complexity index is 1420. The lowest BCUT2D eigenvalue weighted by molar-refractivity contribution is -0.139. The molecule has 2 aromatic heterocycles. The quantitative estimate of drug-likeness (QED) is 0.453. The van der Waals surface area contributed by atoms with Crippen molar-refractivity contribution < 1.29 is 9.21 Å². The Kier molecular flexibility index (Phi) is 3.56. The number of oxazole rings is 1. The summed E-state index contributed by atoms with van der Waals surface area (Å²) in [5, 5.41) is 4.48. The molecule has 5 nitrogen and oxygen atoms in total. The van der Waals surface area contributed by atoms with Crippen molar-refractivity contribution in [1.82, 2.24) is 10.3 Å². The third-order valence-electron chi connectivity index (χ3n) is 6.96. The molecule has 2 bridgehead atoms. The van der Waals surface area contributed by atoms with Gasteiger partial charge in [-0.1, -0.05) is 26.0 Å². The number of piperidine rings is 1. The molecule has 3 atom stereocenters. The predicted octanol–water partition coefficient (Wildman–Crippen LogP) is 4.75. The van der Waals surface area contributed by atoms with Crippen LogP contribution >= 0.6 is 11.3 Å². The first kappa shape index (κ1) is 18.1. The number of carbonyl (C=O) groups excluding carboxylic acids is 1. The maximum Gasteiger partial charge on any atom is 0.225 e. The Morgan fingerprint density at radius 3 is 2.73 bits per heavy atom. The molecule has 2 aromatic carbocycles. The summed E-state index contributed by atoms with van der Waals surface area (Å²) in [6.45, 7) is 4.94. The minimum Gasteiger partial charge on any atom is -0.440 e. The van der Waals surface area contributed by atoms with E-state index in [-0.39, 0.29) is 22.2 Å². The van der Waals surface area contributed by atoms with Crippen LogP contribution in [-0.4, -0.2) is 17.4 Å². The predicted molar refractivity (Wildman–Crippen MR) is 119 cm³/mol.